The maximum absolute atomic E-state index is 11.6. The van der Waals surface area contributed by atoms with Gasteiger partial charge in [-0.1, -0.05) is 0 Å². The molecule has 2 amide bonds. The summed E-state index contributed by atoms with van der Waals surface area (Å²) < 4.78 is 0. The first-order chi connectivity index (χ1) is 6.54. The molecule has 0 aromatic rings. The summed E-state index contributed by atoms with van der Waals surface area (Å²) >= 11 is 0. The summed E-state index contributed by atoms with van der Waals surface area (Å²) in [5.74, 6) is -0.118. The van der Waals surface area contributed by atoms with Gasteiger partial charge in [0.1, 0.15) is 6.04 Å². The molecule has 0 aromatic heterocycles. The SMILES string of the molecule is CN(C)C(=O)[C@@H]1CCCCN1C(=O)O. The van der Waals surface area contributed by atoms with E-state index in [2.05, 4.69) is 0 Å². The Morgan fingerprint density at radius 2 is 2.00 bits per heavy atom. The zero-order chi connectivity index (χ0) is 10.7. The number of carboxylic acid groups (broad SMARTS) is 1. The molecule has 1 N–H and O–H groups in total. The summed E-state index contributed by atoms with van der Waals surface area (Å²) in [7, 11) is 3.30. The van der Waals surface area contributed by atoms with Crippen LogP contribution in [0.25, 0.3) is 0 Å². The molecule has 0 aromatic carbocycles. The lowest BCUT2D eigenvalue weighted by Gasteiger charge is -2.33. The number of carbonyl (C=O) groups excluding carboxylic acids is 1. The Labute approximate surface area is 83.3 Å². The van der Waals surface area contributed by atoms with Crippen LogP contribution in [-0.4, -0.2) is 53.6 Å². The predicted molar refractivity (Wildman–Crippen MR) is 51.1 cm³/mol. The number of nitrogens with zero attached hydrogens (tertiary/aromatic N) is 2. The first kappa shape index (κ1) is 10.8. The maximum Gasteiger partial charge on any atom is 0.407 e. The van der Waals surface area contributed by atoms with Gasteiger partial charge in [0.15, 0.2) is 0 Å². The number of carbonyl (C=O) groups is 2. The highest BCUT2D eigenvalue weighted by molar-refractivity contribution is 5.85. The van der Waals surface area contributed by atoms with E-state index in [1.165, 1.54) is 9.80 Å². The monoisotopic (exact) mass is 200 g/mol. The molecule has 0 spiro atoms. The smallest absolute Gasteiger partial charge is 0.407 e. The largest absolute Gasteiger partial charge is 0.465 e. The van der Waals surface area contributed by atoms with Crippen LogP contribution in [0.3, 0.4) is 0 Å². The van der Waals surface area contributed by atoms with E-state index in [0.29, 0.717) is 13.0 Å². The Hall–Kier alpha value is -1.26. The minimum absolute atomic E-state index is 0.118. The molecule has 0 radical (unpaired) electrons. The molecular weight excluding hydrogens is 184 g/mol. The van der Waals surface area contributed by atoms with Crippen LogP contribution in [0.5, 0.6) is 0 Å². The van der Waals surface area contributed by atoms with Gasteiger partial charge >= 0.3 is 6.09 Å². The first-order valence-electron chi connectivity index (χ1n) is 4.74. The Morgan fingerprint density at radius 1 is 1.36 bits per heavy atom. The van der Waals surface area contributed by atoms with Crippen molar-refractivity contribution in [2.45, 2.75) is 25.3 Å². The molecule has 1 heterocycles. The van der Waals surface area contributed by atoms with Crippen LogP contribution < -0.4 is 0 Å². The van der Waals surface area contributed by atoms with Gasteiger partial charge in [-0.2, -0.15) is 0 Å². The van der Waals surface area contributed by atoms with E-state index >= 15 is 0 Å². The number of likely N-dealkylation sites (N-methyl/N-ethyl adjacent to an activating group) is 1. The Balaban J connectivity index is 2.72. The molecule has 0 bridgehead atoms. The second-order valence-corrected chi connectivity index (χ2v) is 3.72. The van der Waals surface area contributed by atoms with Crippen molar-refractivity contribution < 1.29 is 14.7 Å². The fraction of sp³-hybridized carbons (Fsp3) is 0.778. The normalized spacial score (nSPS) is 21.9. The number of piperidine rings is 1. The van der Waals surface area contributed by atoms with Crippen molar-refractivity contribution in [3.05, 3.63) is 0 Å². The molecule has 0 saturated carbocycles. The van der Waals surface area contributed by atoms with Gasteiger partial charge in [0, 0.05) is 20.6 Å². The molecule has 1 saturated heterocycles. The van der Waals surface area contributed by atoms with E-state index in [-0.39, 0.29) is 5.91 Å². The molecule has 5 heteroatoms. The van der Waals surface area contributed by atoms with Gasteiger partial charge in [0.2, 0.25) is 5.91 Å². The van der Waals surface area contributed by atoms with E-state index in [4.69, 9.17) is 5.11 Å². The minimum Gasteiger partial charge on any atom is -0.465 e. The fourth-order valence-corrected chi connectivity index (χ4v) is 1.72. The van der Waals surface area contributed by atoms with Gasteiger partial charge in [0.05, 0.1) is 0 Å². The lowest BCUT2D eigenvalue weighted by atomic mass is 10.0. The van der Waals surface area contributed by atoms with Crippen molar-refractivity contribution in [2.24, 2.45) is 0 Å². The Morgan fingerprint density at radius 3 is 2.50 bits per heavy atom. The molecule has 1 rings (SSSR count). The van der Waals surface area contributed by atoms with Crippen LogP contribution in [0.2, 0.25) is 0 Å². The number of amides is 2. The molecule has 1 fully saturated rings. The third-order valence-electron chi connectivity index (χ3n) is 2.47. The van der Waals surface area contributed by atoms with E-state index in [0.717, 1.165) is 12.8 Å². The van der Waals surface area contributed by atoms with E-state index in [1.807, 2.05) is 0 Å². The fourth-order valence-electron chi connectivity index (χ4n) is 1.72. The van der Waals surface area contributed by atoms with Crippen LogP contribution in [0, 0.1) is 0 Å². The summed E-state index contributed by atoms with van der Waals surface area (Å²) in [5.41, 5.74) is 0. The van der Waals surface area contributed by atoms with Crippen molar-refractivity contribution in [1.29, 1.82) is 0 Å². The molecule has 0 aliphatic carbocycles. The van der Waals surface area contributed by atoms with Crippen molar-refractivity contribution in [3.8, 4) is 0 Å². The van der Waals surface area contributed by atoms with Gasteiger partial charge in [-0.25, -0.2) is 4.79 Å². The molecule has 1 atom stereocenters. The predicted octanol–water partition coefficient (Wildman–Crippen LogP) is 0.607. The third-order valence-corrected chi connectivity index (χ3v) is 2.47. The summed E-state index contributed by atoms with van der Waals surface area (Å²) in [4.78, 5) is 25.2. The highest BCUT2D eigenvalue weighted by atomic mass is 16.4. The second kappa shape index (κ2) is 4.30. The molecule has 5 nitrogen and oxygen atoms in total. The molecule has 0 unspecified atom stereocenters. The standard InChI is InChI=1S/C9H16N2O3/c1-10(2)8(12)7-5-3-4-6-11(7)9(13)14/h7H,3-6H2,1-2H3,(H,13,14)/t7-/m0/s1. The van der Waals surface area contributed by atoms with Crippen molar-refractivity contribution in [1.82, 2.24) is 9.80 Å². The zero-order valence-corrected chi connectivity index (χ0v) is 8.56. The van der Waals surface area contributed by atoms with Gasteiger partial charge < -0.3 is 10.0 Å². The quantitative estimate of drug-likeness (QED) is 0.674. The highest BCUT2D eigenvalue weighted by Crippen LogP contribution is 2.18. The summed E-state index contributed by atoms with van der Waals surface area (Å²) in [6.07, 6.45) is 1.42. The van der Waals surface area contributed by atoms with Gasteiger partial charge in [-0.3, -0.25) is 9.69 Å². The average molecular weight is 200 g/mol. The zero-order valence-electron chi connectivity index (χ0n) is 8.56. The Bertz CT molecular complexity index is 240. The van der Waals surface area contributed by atoms with Crippen molar-refractivity contribution in [3.63, 3.8) is 0 Å². The summed E-state index contributed by atoms with van der Waals surface area (Å²) in [6.45, 7) is 0.472. The topological polar surface area (TPSA) is 60.9 Å². The highest BCUT2D eigenvalue weighted by Gasteiger charge is 2.32. The molecule has 14 heavy (non-hydrogen) atoms. The lowest BCUT2D eigenvalue weighted by molar-refractivity contribution is -0.134. The van der Waals surface area contributed by atoms with Crippen LogP contribution in [0.15, 0.2) is 0 Å². The van der Waals surface area contributed by atoms with Crippen LogP contribution in [0.4, 0.5) is 4.79 Å². The number of hydrogen-bond acceptors (Lipinski definition) is 2. The maximum atomic E-state index is 11.6. The van der Waals surface area contributed by atoms with Crippen LogP contribution in [0.1, 0.15) is 19.3 Å². The molecule has 1 aliphatic heterocycles. The molecular formula is C9H16N2O3. The third kappa shape index (κ3) is 2.16. The summed E-state index contributed by atoms with van der Waals surface area (Å²) in [5, 5.41) is 8.89. The first-order valence-corrected chi connectivity index (χ1v) is 4.74. The van der Waals surface area contributed by atoms with Crippen molar-refractivity contribution in [2.75, 3.05) is 20.6 Å². The minimum atomic E-state index is -0.995. The van der Waals surface area contributed by atoms with E-state index in [1.54, 1.807) is 14.1 Å². The number of hydrogen-bond donors (Lipinski definition) is 1. The molecule has 80 valence electrons. The average Bonchev–Trinajstić information content (AvgIpc) is 2.16. The lowest BCUT2D eigenvalue weighted by Crippen LogP contribution is -2.51. The van der Waals surface area contributed by atoms with Gasteiger partial charge in [-0.15, -0.1) is 0 Å². The number of rotatable bonds is 1. The van der Waals surface area contributed by atoms with E-state index in [9.17, 15) is 9.59 Å². The second-order valence-electron chi connectivity index (χ2n) is 3.72. The van der Waals surface area contributed by atoms with Gasteiger partial charge in [0.25, 0.3) is 0 Å². The molecule has 1 aliphatic rings. The van der Waals surface area contributed by atoms with E-state index < -0.39 is 12.1 Å². The van der Waals surface area contributed by atoms with Crippen molar-refractivity contribution >= 4 is 12.0 Å². The van der Waals surface area contributed by atoms with Crippen LogP contribution >= 0.6 is 0 Å². The number of likely N-dealkylation sites (tertiary alicyclic amines) is 1. The summed E-state index contributed by atoms with van der Waals surface area (Å²) in [6, 6.07) is -0.476. The van der Waals surface area contributed by atoms with Gasteiger partial charge in [-0.05, 0) is 19.3 Å². The van der Waals surface area contributed by atoms with Crippen LogP contribution in [-0.2, 0) is 4.79 Å². The Kier molecular flexibility index (Phi) is 3.33.